The highest BCUT2D eigenvalue weighted by Crippen LogP contribution is 2.13. The first-order chi connectivity index (χ1) is 16.5. The molecular weight excluding hydrogens is 460 g/mol. The first-order valence-corrected chi connectivity index (χ1v) is 14.8. The molecule has 1 atom stereocenters. The minimum Gasteiger partial charge on any atom is -0.748 e. The molecule has 0 saturated carbocycles. The Morgan fingerprint density at radius 3 is 1.91 bits per heavy atom. The van der Waals surface area contributed by atoms with Gasteiger partial charge in [0.15, 0.2) is 0 Å². The van der Waals surface area contributed by atoms with Crippen LogP contribution >= 0.6 is 0 Å². The van der Waals surface area contributed by atoms with Crippen molar-refractivity contribution < 1.29 is 22.2 Å². The monoisotopic (exact) mass is 510 g/mol. The van der Waals surface area contributed by atoms with Gasteiger partial charge in [0.2, 0.25) is 5.91 Å². The van der Waals surface area contributed by atoms with E-state index in [-0.39, 0.29) is 5.91 Å². The summed E-state index contributed by atoms with van der Waals surface area (Å²) in [4.78, 5) is 11.6. The van der Waals surface area contributed by atoms with Crippen molar-refractivity contribution in [3.8, 4) is 0 Å². The lowest BCUT2D eigenvalue weighted by molar-refractivity contribution is -0.870. The number of carbonyl (C=O) groups is 1. The molecule has 0 saturated heterocycles. The van der Waals surface area contributed by atoms with E-state index in [0.717, 1.165) is 23.9 Å². The first kappa shape index (κ1) is 33.3. The van der Waals surface area contributed by atoms with E-state index in [1.54, 1.807) is 30.3 Å². The minimum absolute atomic E-state index is 0.0338. The van der Waals surface area contributed by atoms with Gasteiger partial charge in [-0.25, -0.2) is 8.42 Å². The van der Waals surface area contributed by atoms with Gasteiger partial charge in [-0.3, -0.25) is 4.79 Å². The van der Waals surface area contributed by atoms with Crippen LogP contribution in [-0.2, 0) is 20.7 Å². The van der Waals surface area contributed by atoms with Gasteiger partial charge in [0, 0.05) is 12.5 Å². The molecule has 7 heteroatoms. The number of hydrogen-bond acceptors (Lipinski definition) is 4. The average Bonchev–Trinajstić information content (AvgIpc) is 2.77. The lowest BCUT2D eigenvalue weighted by atomic mass is 10.0. The Hall–Kier alpha value is -1.70. The molecule has 1 aromatic rings. The van der Waals surface area contributed by atoms with Crippen molar-refractivity contribution in [2.45, 2.75) is 95.8 Å². The maximum absolute atomic E-state index is 11.6. The number of nitrogens with zero attached hydrogens (tertiary/aromatic N) is 1. The van der Waals surface area contributed by atoms with Gasteiger partial charge < -0.3 is 14.4 Å². The van der Waals surface area contributed by atoms with Crippen molar-refractivity contribution in [3.05, 3.63) is 48.6 Å². The molecule has 0 aliphatic heterocycles. The minimum atomic E-state index is -4.13. The molecule has 35 heavy (non-hydrogen) atoms. The highest BCUT2D eigenvalue weighted by molar-refractivity contribution is 7.84. The predicted octanol–water partition coefficient (Wildman–Crippen LogP) is 5.80. The number of unbranched alkanes of at least 4 members (excludes halogenated alkanes) is 9. The van der Waals surface area contributed by atoms with Crippen LogP contribution in [0.4, 0.5) is 0 Å². The molecule has 1 N–H and O–H groups in total. The van der Waals surface area contributed by atoms with E-state index >= 15 is 0 Å². The Labute approximate surface area is 215 Å². The summed E-state index contributed by atoms with van der Waals surface area (Å²) < 4.78 is 31.7. The van der Waals surface area contributed by atoms with Gasteiger partial charge in [-0.15, -0.1) is 0 Å². The average molecular weight is 511 g/mol. The summed E-state index contributed by atoms with van der Waals surface area (Å²) in [7, 11) is 2.48. The zero-order chi connectivity index (χ0) is 26.6. The normalized spacial score (nSPS) is 12.4. The van der Waals surface area contributed by atoms with Crippen molar-refractivity contribution >= 4 is 16.0 Å². The maximum atomic E-state index is 11.6. The number of carbonyl (C=O) groups excluding carboxylic acids is 1. The molecule has 0 aromatic heterocycles. The molecule has 0 radical (unpaired) electrons. The van der Waals surface area contributed by atoms with Crippen LogP contribution in [0.25, 0.3) is 0 Å². The summed E-state index contributed by atoms with van der Waals surface area (Å²) in [6, 6.07) is 8.66. The van der Waals surface area contributed by atoms with Gasteiger partial charge in [0.05, 0.1) is 43.6 Å². The summed E-state index contributed by atoms with van der Waals surface area (Å²) in [6.45, 7) is 6.92. The molecule has 0 aliphatic carbocycles. The largest absolute Gasteiger partial charge is 0.748 e. The van der Waals surface area contributed by atoms with Gasteiger partial charge in [-0.1, -0.05) is 108 Å². The summed E-state index contributed by atoms with van der Waals surface area (Å²) >= 11 is 0. The van der Waals surface area contributed by atoms with E-state index in [4.69, 9.17) is 0 Å². The molecule has 0 heterocycles. The van der Waals surface area contributed by atoms with Crippen molar-refractivity contribution in [3.63, 3.8) is 0 Å². The van der Waals surface area contributed by atoms with Crippen LogP contribution in [-0.4, -0.2) is 57.1 Å². The Kier molecular flexibility index (Phi) is 18.5. The molecule has 6 nitrogen and oxygen atoms in total. The number of amides is 1. The number of quaternary nitrogens is 1. The van der Waals surface area contributed by atoms with Crippen LogP contribution in [0.1, 0.15) is 89.5 Å². The van der Waals surface area contributed by atoms with Gasteiger partial charge in [0.1, 0.15) is 0 Å². The topological polar surface area (TPSA) is 86.3 Å². The molecule has 202 valence electrons. The standard InChI is InChI=1S/C21H42N2O.C7H8O3S/c1-6-8-9-10-11-12-13-14-15-16-17-20(22-21(24)7-2)18-19-23(3,4)5;8-11(9,10)6-7-4-2-1-3-5-7/h7,20H,2,6,8-19H2,1,3-5H3;1-5H,6H2,(H,8,9,10). The van der Waals surface area contributed by atoms with E-state index in [1.165, 1.54) is 70.3 Å². The fourth-order valence-electron chi connectivity index (χ4n) is 3.75. The van der Waals surface area contributed by atoms with E-state index in [9.17, 15) is 17.8 Å². The van der Waals surface area contributed by atoms with Crippen LogP contribution < -0.4 is 5.32 Å². The molecule has 0 spiro atoms. The van der Waals surface area contributed by atoms with Crippen LogP contribution in [0.2, 0.25) is 0 Å². The highest BCUT2D eigenvalue weighted by atomic mass is 32.2. The Morgan fingerprint density at radius 1 is 0.943 bits per heavy atom. The zero-order valence-electron chi connectivity index (χ0n) is 22.6. The Morgan fingerprint density at radius 2 is 1.46 bits per heavy atom. The predicted molar refractivity (Wildman–Crippen MR) is 146 cm³/mol. The Bertz CT molecular complexity index is 774. The molecule has 0 fully saturated rings. The van der Waals surface area contributed by atoms with E-state index in [1.807, 2.05) is 0 Å². The second-order valence-electron chi connectivity index (χ2n) is 10.4. The van der Waals surface area contributed by atoms with Gasteiger partial charge in [0.25, 0.3) is 0 Å². The van der Waals surface area contributed by atoms with Gasteiger partial charge in [-0.05, 0) is 18.1 Å². The third-order valence-corrected chi connectivity index (χ3v) is 6.46. The van der Waals surface area contributed by atoms with Gasteiger partial charge >= 0.3 is 0 Å². The molecule has 0 bridgehead atoms. The zero-order valence-corrected chi connectivity index (χ0v) is 23.5. The lowest BCUT2D eigenvalue weighted by Gasteiger charge is -2.27. The van der Waals surface area contributed by atoms with Crippen LogP contribution in [0, 0.1) is 0 Å². The maximum Gasteiger partial charge on any atom is 0.243 e. The van der Waals surface area contributed by atoms with Gasteiger partial charge in [-0.2, -0.15) is 0 Å². The summed E-state index contributed by atoms with van der Waals surface area (Å²) in [5.41, 5.74) is 0.530. The third kappa shape index (κ3) is 23.8. The highest BCUT2D eigenvalue weighted by Gasteiger charge is 2.15. The molecule has 0 aliphatic rings. The number of rotatable bonds is 18. The van der Waals surface area contributed by atoms with Crippen molar-refractivity contribution in [2.75, 3.05) is 27.7 Å². The lowest BCUT2D eigenvalue weighted by Crippen LogP contribution is -2.41. The Balaban J connectivity index is 0.000000867. The van der Waals surface area contributed by atoms with Crippen LogP contribution in [0.5, 0.6) is 0 Å². The summed E-state index contributed by atoms with van der Waals surface area (Å²) in [6.07, 6.45) is 17.1. The fourth-order valence-corrected chi connectivity index (χ4v) is 4.35. The van der Waals surface area contributed by atoms with Crippen molar-refractivity contribution in [1.82, 2.24) is 5.32 Å². The van der Waals surface area contributed by atoms with Crippen LogP contribution in [0.15, 0.2) is 43.0 Å². The summed E-state index contributed by atoms with van der Waals surface area (Å²) in [5, 5.41) is 3.10. The van der Waals surface area contributed by atoms with E-state index in [0.29, 0.717) is 11.6 Å². The number of hydrogen-bond donors (Lipinski definition) is 1. The second kappa shape index (κ2) is 19.5. The number of nitrogens with one attached hydrogen (secondary N) is 1. The second-order valence-corrected chi connectivity index (χ2v) is 11.8. The van der Waals surface area contributed by atoms with Crippen molar-refractivity contribution in [2.24, 2.45) is 0 Å². The fraction of sp³-hybridized carbons (Fsp3) is 0.679. The van der Waals surface area contributed by atoms with Crippen LogP contribution in [0.3, 0.4) is 0 Å². The quantitative estimate of drug-likeness (QED) is 0.117. The molecular formula is C28H50N2O4S. The molecule has 1 aromatic carbocycles. The molecule has 1 amide bonds. The molecule has 1 unspecified atom stereocenters. The molecule has 1 rings (SSSR count). The third-order valence-electron chi connectivity index (χ3n) is 5.77. The van der Waals surface area contributed by atoms with E-state index < -0.39 is 15.9 Å². The number of benzene rings is 1. The van der Waals surface area contributed by atoms with E-state index in [2.05, 4.69) is 40.0 Å². The smallest absolute Gasteiger partial charge is 0.243 e. The first-order valence-electron chi connectivity index (χ1n) is 13.2. The summed E-state index contributed by atoms with van der Waals surface area (Å²) in [5.74, 6) is -0.457. The SMILES string of the molecule is C=CC(=O)NC(CCCCCCCCCCCC)CC[N+](C)(C)C.O=S(=O)([O-])Cc1ccccc1. The van der Waals surface area contributed by atoms with Crippen molar-refractivity contribution in [1.29, 1.82) is 0 Å².